The van der Waals surface area contributed by atoms with E-state index in [0.29, 0.717) is 27.9 Å². The number of hydrogen-bond acceptors (Lipinski definition) is 4. The number of hydrogen-bond donors (Lipinski definition) is 1. The number of benzene rings is 1. The molecule has 0 unspecified atom stereocenters. The lowest BCUT2D eigenvalue weighted by Crippen LogP contribution is -2.13. The fourth-order valence-corrected chi connectivity index (χ4v) is 3.19. The number of anilines is 1. The number of rotatable bonds is 6. The average molecular weight is 359 g/mol. The third-order valence-electron chi connectivity index (χ3n) is 3.03. The predicted molar refractivity (Wildman–Crippen MR) is 90.8 cm³/mol. The summed E-state index contributed by atoms with van der Waals surface area (Å²) in [7, 11) is 1.92. The SMILES string of the molecule is CCc1nnc(SCCC(=O)Nc2c(Cl)cccc2Cl)n1C. The molecule has 2 rings (SSSR count). The van der Waals surface area contributed by atoms with Gasteiger partial charge in [-0.15, -0.1) is 10.2 Å². The van der Waals surface area contributed by atoms with Gasteiger partial charge in [0.2, 0.25) is 5.91 Å². The number of para-hydroxylation sites is 1. The van der Waals surface area contributed by atoms with Crippen molar-refractivity contribution in [2.75, 3.05) is 11.1 Å². The van der Waals surface area contributed by atoms with E-state index in [1.54, 1.807) is 18.2 Å². The molecule has 0 atom stereocenters. The molecule has 0 saturated heterocycles. The second-order valence-electron chi connectivity index (χ2n) is 4.55. The lowest BCUT2D eigenvalue weighted by molar-refractivity contribution is -0.115. The van der Waals surface area contributed by atoms with Gasteiger partial charge in [0.25, 0.3) is 0 Å². The van der Waals surface area contributed by atoms with E-state index in [1.807, 2.05) is 18.5 Å². The standard InChI is InChI=1S/C14H16Cl2N4OS/c1-3-11-18-19-14(20(11)2)22-8-7-12(21)17-13-9(15)5-4-6-10(13)16/h4-6H,3,7-8H2,1-2H3,(H,17,21). The van der Waals surface area contributed by atoms with Gasteiger partial charge in [0.1, 0.15) is 5.82 Å². The summed E-state index contributed by atoms with van der Waals surface area (Å²) in [6, 6.07) is 5.10. The monoisotopic (exact) mass is 358 g/mol. The molecule has 2 aromatic rings. The zero-order valence-electron chi connectivity index (χ0n) is 12.3. The minimum Gasteiger partial charge on any atom is -0.324 e. The molecule has 1 heterocycles. The predicted octanol–water partition coefficient (Wildman–Crippen LogP) is 3.81. The normalized spacial score (nSPS) is 10.7. The smallest absolute Gasteiger partial charge is 0.225 e. The first kappa shape index (κ1) is 17.1. The van der Waals surface area contributed by atoms with Crippen LogP contribution in [0, 0.1) is 0 Å². The molecule has 8 heteroatoms. The molecule has 22 heavy (non-hydrogen) atoms. The van der Waals surface area contributed by atoms with Crippen LogP contribution in [0.4, 0.5) is 5.69 Å². The van der Waals surface area contributed by atoms with Crippen molar-refractivity contribution in [3.8, 4) is 0 Å². The van der Waals surface area contributed by atoms with Gasteiger partial charge in [-0.3, -0.25) is 4.79 Å². The van der Waals surface area contributed by atoms with Crippen molar-refractivity contribution in [1.29, 1.82) is 0 Å². The van der Waals surface area contributed by atoms with Crippen LogP contribution >= 0.6 is 35.0 Å². The first-order valence-electron chi connectivity index (χ1n) is 6.77. The van der Waals surface area contributed by atoms with Gasteiger partial charge in [-0.2, -0.15) is 0 Å². The molecule has 0 aliphatic heterocycles. The van der Waals surface area contributed by atoms with Gasteiger partial charge < -0.3 is 9.88 Å². The molecule has 0 radical (unpaired) electrons. The molecule has 0 aliphatic rings. The number of amides is 1. The molecule has 1 N–H and O–H groups in total. The topological polar surface area (TPSA) is 59.8 Å². The lowest BCUT2D eigenvalue weighted by atomic mass is 10.3. The van der Waals surface area contributed by atoms with Crippen LogP contribution in [0.15, 0.2) is 23.4 Å². The molecule has 5 nitrogen and oxygen atoms in total. The Morgan fingerprint density at radius 3 is 2.59 bits per heavy atom. The molecule has 0 bridgehead atoms. The highest BCUT2D eigenvalue weighted by molar-refractivity contribution is 7.99. The molecule has 0 aliphatic carbocycles. The maximum absolute atomic E-state index is 12.0. The summed E-state index contributed by atoms with van der Waals surface area (Å²) >= 11 is 13.5. The van der Waals surface area contributed by atoms with Crippen molar-refractivity contribution in [2.24, 2.45) is 7.05 Å². The molecular weight excluding hydrogens is 343 g/mol. The van der Waals surface area contributed by atoms with E-state index >= 15 is 0 Å². The lowest BCUT2D eigenvalue weighted by Gasteiger charge is -2.08. The minimum absolute atomic E-state index is 0.139. The summed E-state index contributed by atoms with van der Waals surface area (Å²) in [5, 5.41) is 12.6. The van der Waals surface area contributed by atoms with Gasteiger partial charge in [0, 0.05) is 25.6 Å². The van der Waals surface area contributed by atoms with Crippen LogP contribution in [0.3, 0.4) is 0 Å². The number of aryl methyl sites for hydroxylation is 1. The minimum atomic E-state index is -0.139. The Kier molecular flexibility index (Phi) is 6.11. The second kappa shape index (κ2) is 7.85. The molecule has 1 aromatic heterocycles. The summed E-state index contributed by atoms with van der Waals surface area (Å²) in [5.41, 5.74) is 0.452. The van der Waals surface area contributed by atoms with Crippen molar-refractivity contribution in [1.82, 2.24) is 14.8 Å². The molecule has 118 valence electrons. The highest BCUT2D eigenvalue weighted by Crippen LogP contribution is 2.30. The fraction of sp³-hybridized carbons (Fsp3) is 0.357. The first-order valence-corrected chi connectivity index (χ1v) is 8.52. The number of nitrogens with zero attached hydrogens (tertiary/aromatic N) is 3. The van der Waals surface area contributed by atoms with Crippen LogP contribution in [0.2, 0.25) is 10.0 Å². The summed E-state index contributed by atoms with van der Waals surface area (Å²) in [6.07, 6.45) is 1.16. The number of aromatic nitrogens is 3. The zero-order valence-corrected chi connectivity index (χ0v) is 14.6. The second-order valence-corrected chi connectivity index (χ2v) is 6.43. The first-order chi connectivity index (χ1) is 10.5. The van der Waals surface area contributed by atoms with E-state index in [1.165, 1.54) is 11.8 Å². The maximum Gasteiger partial charge on any atom is 0.225 e. The van der Waals surface area contributed by atoms with Crippen molar-refractivity contribution in [2.45, 2.75) is 24.9 Å². The van der Waals surface area contributed by atoms with Gasteiger partial charge in [-0.1, -0.05) is 48.0 Å². The zero-order chi connectivity index (χ0) is 16.1. The molecule has 0 saturated carbocycles. The Bertz CT molecular complexity index is 655. The summed E-state index contributed by atoms with van der Waals surface area (Å²) in [4.78, 5) is 12.0. The maximum atomic E-state index is 12.0. The van der Waals surface area contributed by atoms with E-state index in [0.717, 1.165) is 17.4 Å². The van der Waals surface area contributed by atoms with Gasteiger partial charge in [-0.25, -0.2) is 0 Å². The Morgan fingerprint density at radius 1 is 1.32 bits per heavy atom. The fourth-order valence-electron chi connectivity index (χ4n) is 1.83. The van der Waals surface area contributed by atoms with Gasteiger partial charge >= 0.3 is 0 Å². The van der Waals surface area contributed by atoms with Crippen LogP contribution in [0.25, 0.3) is 0 Å². The number of carbonyl (C=O) groups is 1. The van der Waals surface area contributed by atoms with E-state index in [-0.39, 0.29) is 5.91 Å². The third kappa shape index (κ3) is 4.15. The van der Waals surface area contributed by atoms with Crippen molar-refractivity contribution >= 4 is 46.6 Å². The molecule has 1 aromatic carbocycles. The molecule has 1 amide bonds. The summed E-state index contributed by atoms with van der Waals surface area (Å²) < 4.78 is 1.94. The molecule has 0 fully saturated rings. The van der Waals surface area contributed by atoms with Crippen LogP contribution in [0.1, 0.15) is 19.2 Å². The number of nitrogens with one attached hydrogen (secondary N) is 1. The summed E-state index contributed by atoms with van der Waals surface area (Å²) in [6.45, 7) is 2.03. The number of halogens is 2. The van der Waals surface area contributed by atoms with Gasteiger partial charge in [-0.05, 0) is 12.1 Å². The van der Waals surface area contributed by atoms with E-state index in [9.17, 15) is 4.79 Å². The highest BCUT2D eigenvalue weighted by Gasteiger charge is 2.11. The number of carbonyl (C=O) groups excluding carboxylic acids is 1. The van der Waals surface area contributed by atoms with Crippen molar-refractivity contribution < 1.29 is 4.79 Å². The molecule has 0 spiro atoms. The van der Waals surface area contributed by atoms with Crippen molar-refractivity contribution in [3.05, 3.63) is 34.1 Å². The van der Waals surface area contributed by atoms with E-state index in [4.69, 9.17) is 23.2 Å². The third-order valence-corrected chi connectivity index (χ3v) is 4.68. The van der Waals surface area contributed by atoms with Crippen LogP contribution in [-0.4, -0.2) is 26.4 Å². The Morgan fingerprint density at radius 2 is 2.00 bits per heavy atom. The average Bonchev–Trinajstić information content (AvgIpc) is 2.84. The Labute approximate surface area is 143 Å². The Balaban J connectivity index is 1.87. The molecular formula is C14H16Cl2N4OS. The van der Waals surface area contributed by atoms with Crippen LogP contribution < -0.4 is 5.32 Å². The summed E-state index contributed by atoms with van der Waals surface area (Å²) in [5.74, 6) is 1.39. The highest BCUT2D eigenvalue weighted by atomic mass is 35.5. The van der Waals surface area contributed by atoms with Gasteiger partial charge in [0.15, 0.2) is 5.16 Å². The largest absolute Gasteiger partial charge is 0.324 e. The van der Waals surface area contributed by atoms with Crippen LogP contribution in [0.5, 0.6) is 0 Å². The van der Waals surface area contributed by atoms with Crippen molar-refractivity contribution in [3.63, 3.8) is 0 Å². The number of thioether (sulfide) groups is 1. The van der Waals surface area contributed by atoms with Crippen LogP contribution in [-0.2, 0) is 18.3 Å². The van der Waals surface area contributed by atoms with Gasteiger partial charge in [0.05, 0.1) is 15.7 Å². The van der Waals surface area contributed by atoms with E-state index < -0.39 is 0 Å². The van der Waals surface area contributed by atoms with E-state index in [2.05, 4.69) is 15.5 Å². The quantitative estimate of drug-likeness (QED) is 0.797. The Hall–Kier alpha value is -1.24.